The standard InChI is InChI=1S/C10H9ClN4O2S/c1-6(10-12-2-3-18-10)13-9-5-7(15(16)17)4-8(11)14-9/h2-6H,1H3,(H,13,14). The lowest BCUT2D eigenvalue weighted by Crippen LogP contribution is -2.08. The predicted molar refractivity (Wildman–Crippen MR) is 70.1 cm³/mol. The van der Waals surface area contributed by atoms with Gasteiger partial charge < -0.3 is 5.32 Å². The minimum atomic E-state index is -0.507. The Hall–Kier alpha value is -1.73. The van der Waals surface area contributed by atoms with Crippen LogP contribution in [0.1, 0.15) is 18.0 Å². The Morgan fingerprint density at radius 1 is 1.56 bits per heavy atom. The van der Waals surface area contributed by atoms with Gasteiger partial charge in [0.05, 0.1) is 23.1 Å². The molecule has 0 radical (unpaired) electrons. The average molecular weight is 285 g/mol. The van der Waals surface area contributed by atoms with E-state index in [1.54, 1.807) is 6.20 Å². The number of nitrogens with zero attached hydrogens (tertiary/aromatic N) is 3. The first-order valence-electron chi connectivity index (χ1n) is 5.04. The lowest BCUT2D eigenvalue weighted by Gasteiger charge is -2.11. The number of thiazole rings is 1. The molecule has 2 aromatic heterocycles. The Bertz CT molecular complexity index is 561. The molecule has 0 aliphatic carbocycles. The normalized spacial score (nSPS) is 12.1. The first kappa shape index (κ1) is 12.7. The van der Waals surface area contributed by atoms with Crippen molar-refractivity contribution in [1.29, 1.82) is 0 Å². The highest BCUT2D eigenvalue weighted by molar-refractivity contribution is 7.09. The smallest absolute Gasteiger partial charge is 0.276 e. The zero-order chi connectivity index (χ0) is 13.1. The van der Waals surface area contributed by atoms with E-state index >= 15 is 0 Å². The van der Waals surface area contributed by atoms with Crippen LogP contribution in [0, 0.1) is 10.1 Å². The van der Waals surface area contributed by atoms with E-state index in [2.05, 4.69) is 15.3 Å². The van der Waals surface area contributed by atoms with Gasteiger partial charge in [-0.1, -0.05) is 11.6 Å². The summed E-state index contributed by atoms with van der Waals surface area (Å²) in [5, 5.41) is 16.5. The molecule has 2 aromatic rings. The highest BCUT2D eigenvalue weighted by Gasteiger charge is 2.13. The third-order valence-electron chi connectivity index (χ3n) is 2.18. The van der Waals surface area contributed by atoms with E-state index in [0.29, 0.717) is 5.82 Å². The maximum absolute atomic E-state index is 10.7. The SMILES string of the molecule is CC(Nc1cc([N+](=O)[O-])cc(Cl)n1)c1nccs1. The summed E-state index contributed by atoms with van der Waals surface area (Å²) in [7, 11) is 0. The molecule has 94 valence electrons. The van der Waals surface area contributed by atoms with Gasteiger partial charge >= 0.3 is 0 Å². The first-order chi connectivity index (χ1) is 8.56. The van der Waals surface area contributed by atoms with Gasteiger partial charge in [-0.05, 0) is 6.92 Å². The zero-order valence-corrected chi connectivity index (χ0v) is 10.9. The summed E-state index contributed by atoms with van der Waals surface area (Å²) < 4.78 is 0. The van der Waals surface area contributed by atoms with Crippen molar-refractivity contribution in [2.45, 2.75) is 13.0 Å². The largest absolute Gasteiger partial charge is 0.361 e. The van der Waals surface area contributed by atoms with Crippen LogP contribution in [-0.2, 0) is 0 Å². The van der Waals surface area contributed by atoms with Crippen LogP contribution in [0.15, 0.2) is 23.7 Å². The maximum atomic E-state index is 10.7. The van der Waals surface area contributed by atoms with Crippen molar-refractivity contribution in [2.75, 3.05) is 5.32 Å². The number of nitro groups is 1. The lowest BCUT2D eigenvalue weighted by atomic mass is 10.3. The summed E-state index contributed by atoms with van der Waals surface area (Å²) in [6.07, 6.45) is 1.70. The Morgan fingerprint density at radius 2 is 2.33 bits per heavy atom. The molecule has 0 fully saturated rings. The van der Waals surface area contributed by atoms with Crippen LogP contribution in [-0.4, -0.2) is 14.9 Å². The second-order valence-corrected chi connectivity index (χ2v) is 4.84. The molecule has 0 amide bonds. The second-order valence-electron chi connectivity index (χ2n) is 3.53. The fraction of sp³-hybridized carbons (Fsp3) is 0.200. The quantitative estimate of drug-likeness (QED) is 0.529. The Balaban J connectivity index is 2.21. The van der Waals surface area contributed by atoms with Crippen LogP contribution in [0.5, 0.6) is 0 Å². The van der Waals surface area contributed by atoms with Crippen LogP contribution in [0.4, 0.5) is 11.5 Å². The van der Waals surface area contributed by atoms with Crippen molar-refractivity contribution >= 4 is 34.4 Å². The summed E-state index contributed by atoms with van der Waals surface area (Å²) in [5.41, 5.74) is -0.0937. The van der Waals surface area contributed by atoms with E-state index in [1.807, 2.05) is 12.3 Å². The number of halogens is 1. The monoisotopic (exact) mass is 284 g/mol. The summed E-state index contributed by atoms with van der Waals surface area (Å²) in [5.74, 6) is 0.358. The van der Waals surface area contributed by atoms with Crippen LogP contribution in [0.3, 0.4) is 0 Å². The van der Waals surface area contributed by atoms with Gasteiger partial charge in [0, 0.05) is 11.6 Å². The van der Waals surface area contributed by atoms with E-state index in [1.165, 1.54) is 23.5 Å². The summed E-state index contributed by atoms with van der Waals surface area (Å²) in [6.45, 7) is 1.90. The highest BCUT2D eigenvalue weighted by Crippen LogP contribution is 2.24. The van der Waals surface area contributed by atoms with Gasteiger partial charge in [-0.15, -0.1) is 11.3 Å². The average Bonchev–Trinajstić information content (AvgIpc) is 2.81. The maximum Gasteiger partial charge on any atom is 0.276 e. The van der Waals surface area contributed by atoms with E-state index in [-0.39, 0.29) is 16.9 Å². The molecular formula is C10H9ClN4O2S. The predicted octanol–water partition coefficient (Wildman–Crippen LogP) is 3.27. The van der Waals surface area contributed by atoms with Gasteiger partial charge in [0.25, 0.3) is 5.69 Å². The van der Waals surface area contributed by atoms with Crippen molar-refractivity contribution in [1.82, 2.24) is 9.97 Å². The van der Waals surface area contributed by atoms with Crippen molar-refractivity contribution in [2.24, 2.45) is 0 Å². The number of pyridine rings is 1. The van der Waals surface area contributed by atoms with Crippen LogP contribution >= 0.6 is 22.9 Å². The molecule has 0 saturated carbocycles. The number of nitrogens with one attached hydrogen (secondary N) is 1. The molecule has 0 aliphatic heterocycles. The van der Waals surface area contributed by atoms with Gasteiger partial charge in [-0.25, -0.2) is 9.97 Å². The van der Waals surface area contributed by atoms with Gasteiger partial charge in [-0.3, -0.25) is 10.1 Å². The molecule has 0 spiro atoms. The van der Waals surface area contributed by atoms with Gasteiger partial charge in [-0.2, -0.15) is 0 Å². The summed E-state index contributed by atoms with van der Waals surface area (Å²) >= 11 is 7.23. The number of hydrogen-bond acceptors (Lipinski definition) is 6. The van der Waals surface area contributed by atoms with Crippen molar-refractivity contribution in [3.63, 3.8) is 0 Å². The summed E-state index contributed by atoms with van der Waals surface area (Å²) in [4.78, 5) is 18.3. The van der Waals surface area contributed by atoms with E-state index in [9.17, 15) is 10.1 Å². The van der Waals surface area contributed by atoms with E-state index < -0.39 is 4.92 Å². The number of aromatic nitrogens is 2. The van der Waals surface area contributed by atoms with Crippen molar-refractivity contribution in [3.05, 3.63) is 44.0 Å². The van der Waals surface area contributed by atoms with E-state index in [0.717, 1.165) is 5.01 Å². The minimum Gasteiger partial charge on any atom is -0.361 e. The fourth-order valence-corrected chi connectivity index (χ4v) is 2.24. The van der Waals surface area contributed by atoms with Crippen LogP contribution in [0.25, 0.3) is 0 Å². The molecule has 8 heteroatoms. The number of rotatable bonds is 4. The molecule has 2 rings (SSSR count). The van der Waals surface area contributed by atoms with Gasteiger partial charge in [0.15, 0.2) is 0 Å². The van der Waals surface area contributed by atoms with E-state index in [4.69, 9.17) is 11.6 Å². The zero-order valence-electron chi connectivity index (χ0n) is 9.33. The van der Waals surface area contributed by atoms with Crippen LogP contribution in [0.2, 0.25) is 5.15 Å². The molecule has 1 N–H and O–H groups in total. The topological polar surface area (TPSA) is 81.0 Å². The fourth-order valence-electron chi connectivity index (χ4n) is 1.39. The van der Waals surface area contributed by atoms with Crippen molar-refractivity contribution < 1.29 is 4.92 Å². The molecule has 1 atom stereocenters. The third-order valence-corrected chi connectivity index (χ3v) is 3.33. The molecule has 18 heavy (non-hydrogen) atoms. The molecule has 2 heterocycles. The Morgan fingerprint density at radius 3 is 2.94 bits per heavy atom. The highest BCUT2D eigenvalue weighted by atomic mass is 35.5. The van der Waals surface area contributed by atoms with Crippen molar-refractivity contribution in [3.8, 4) is 0 Å². The molecule has 0 saturated heterocycles. The second kappa shape index (κ2) is 5.28. The lowest BCUT2D eigenvalue weighted by molar-refractivity contribution is -0.384. The minimum absolute atomic E-state index is 0.0815. The molecule has 0 aromatic carbocycles. The number of anilines is 1. The Labute approximate surface area is 112 Å². The molecule has 0 aliphatic rings. The molecule has 1 unspecified atom stereocenters. The molecule has 6 nitrogen and oxygen atoms in total. The summed E-state index contributed by atoms with van der Waals surface area (Å²) in [6, 6.07) is 2.46. The molecular weight excluding hydrogens is 276 g/mol. The first-order valence-corrected chi connectivity index (χ1v) is 6.30. The van der Waals surface area contributed by atoms with Gasteiger partial charge in [0.1, 0.15) is 16.0 Å². The third kappa shape index (κ3) is 2.93. The van der Waals surface area contributed by atoms with Gasteiger partial charge in [0.2, 0.25) is 0 Å². The molecule has 0 bridgehead atoms. The van der Waals surface area contributed by atoms with Crippen LogP contribution < -0.4 is 5.32 Å². The number of hydrogen-bond donors (Lipinski definition) is 1. The Kier molecular flexibility index (Phi) is 3.73.